The van der Waals surface area contributed by atoms with Crippen molar-refractivity contribution in [3.8, 4) is 0 Å². The molecule has 1 aliphatic carbocycles. The molecule has 21 heavy (non-hydrogen) atoms. The van der Waals surface area contributed by atoms with Crippen LogP contribution in [0.1, 0.15) is 25.3 Å². The maximum Gasteiger partial charge on any atom is 0.315 e. The number of rotatable bonds is 6. The van der Waals surface area contributed by atoms with Gasteiger partial charge < -0.3 is 10.5 Å². The second-order valence-corrected chi connectivity index (χ2v) is 7.64. The fourth-order valence-electron chi connectivity index (χ4n) is 3.08. The lowest BCUT2D eigenvalue weighted by Gasteiger charge is -2.14. The summed E-state index contributed by atoms with van der Waals surface area (Å²) in [5, 5.41) is -0.790. The molecule has 0 saturated heterocycles. The summed E-state index contributed by atoms with van der Waals surface area (Å²) >= 11 is 0. The van der Waals surface area contributed by atoms with Gasteiger partial charge in [0.2, 0.25) is 0 Å². The summed E-state index contributed by atoms with van der Waals surface area (Å²) in [4.78, 5) is 12.3. The molecule has 116 valence electrons. The zero-order chi connectivity index (χ0) is 15.7. The number of benzene rings is 1. The number of carbonyl (C=O) groups excluding carboxylic acids is 1. The first kappa shape index (κ1) is 16.0. The average molecular weight is 311 g/mol. The molecule has 0 unspecified atom stereocenters. The van der Waals surface area contributed by atoms with Gasteiger partial charge in [-0.1, -0.05) is 37.3 Å². The fraction of sp³-hybridized carbons (Fsp3) is 0.533. The van der Waals surface area contributed by atoms with Crippen LogP contribution in [0.3, 0.4) is 0 Å². The van der Waals surface area contributed by atoms with Gasteiger partial charge in [-0.3, -0.25) is 4.79 Å². The minimum Gasteiger partial charge on any atom is -0.465 e. The number of carbonyl (C=O) groups is 1. The second-order valence-electron chi connectivity index (χ2n) is 5.23. The van der Waals surface area contributed by atoms with Crippen LogP contribution in [0, 0.1) is 5.41 Å². The quantitative estimate of drug-likeness (QED) is 0.795. The van der Waals surface area contributed by atoms with Crippen molar-refractivity contribution in [3.05, 3.63) is 35.9 Å². The van der Waals surface area contributed by atoms with Gasteiger partial charge in [-0.2, -0.15) is 0 Å². The predicted octanol–water partition coefficient (Wildman–Crippen LogP) is 1.10. The van der Waals surface area contributed by atoms with Gasteiger partial charge in [0.25, 0.3) is 0 Å². The zero-order valence-corrected chi connectivity index (χ0v) is 13.1. The standard InChI is InChI=1S/C15H21NO4S/c1-3-20-14(17)15(10-16)12(11-8-6-5-7-9-11)13(15)21(18,19)4-2/h5-9,12-13H,3-4,10,16H2,1-2H3/t12-,13+,15+/m0/s1. The Labute approximate surface area is 125 Å². The zero-order valence-electron chi connectivity index (χ0n) is 12.3. The van der Waals surface area contributed by atoms with Crippen molar-refractivity contribution >= 4 is 15.8 Å². The normalized spacial score (nSPS) is 28.1. The van der Waals surface area contributed by atoms with Crippen LogP contribution in [-0.4, -0.2) is 38.5 Å². The summed E-state index contributed by atoms with van der Waals surface area (Å²) in [5.74, 6) is -0.946. The average Bonchev–Trinajstić information content (AvgIpc) is 3.20. The molecule has 2 rings (SSSR count). The van der Waals surface area contributed by atoms with E-state index in [1.807, 2.05) is 30.3 Å². The van der Waals surface area contributed by atoms with Gasteiger partial charge in [0.1, 0.15) is 5.41 Å². The maximum atomic E-state index is 12.4. The molecule has 1 aromatic carbocycles. The van der Waals surface area contributed by atoms with E-state index in [2.05, 4.69) is 0 Å². The van der Waals surface area contributed by atoms with Crippen molar-refractivity contribution in [1.82, 2.24) is 0 Å². The van der Waals surface area contributed by atoms with E-state index < -0.39 is 32.4 Å². The van der Waals surface area contributed by atoms with Gasteiger partial charge in [-0.05, 0) is 12.5 Å². The van der Waals surface area contributed by atoms with Crippen LogP contribution in [0.5, 0.6) is 0 Å². The Morgan fingerprint density at radius 2 is 1.90 bits per heavy atom. The van der Waals surface area contributed by atoms with Crippen LogP contribution in [0.15, 0.2) is 30.3 Å². The highest BCUT2D eigenvalue weighted by Crippen LogP contribution is 2.63. The molecule has 0 aliphatic heterocycles. The Morgan fingerprint density at radius 3 is 2.38 bits per heavy atom. The molecule has 0 bridgehead atoms. The van der Waals surface area contributed by atoms with E-state index >= 15 is 0 Å². The minimum absolute atomic E-state index is 0.0118. The Kier molecular flexibility index (Phi) is 4.39. The molecule has 1 aromatic rings. The Balaban J connectivity index is 2.48. The van der Waals surface area contributed by atoms with E-state index in [1.54, 1.807) is 13.8 Å². The molecule has 0 heterocycles. The van der Waals surface area contributed by atoms with Crippen LogP contribution >= 0.6 is 0 Å². The second kappa shape index (κ2) is 5.77. The number of sulfone groups is 1. The molecule has 6 heteroatoms. The van der Waals surface area contributed by atoms with Gasteiger partial charge in [-0.15, -0.1) is 0 Å². The van der Waals surface area contributed by atoms with Crippen molar-refractivity contribution in [3.63, 3.8) is 0 Å². The summed E-state index contributed by atoms with van der Waals surface area (Å²) in [7, 11) is -3.39. The minimum atomic E-state index is -3.39. The van der Waals surface area contributed by atoms with Gasteiger partial charge >= 0.3 is 5.97 Å². The van der Waals surface area contributed by atoms with Gasteiger partial charge in [0, 0.05) is 18.2 Å². The van der Waals surface area contributed by atoms with Gasteiger partial charge in [0.15, 0.2) is 9.84 Å². The smallest absolute Gasteiger partial charge is 0.315 e. The van der Waals surface area contributed by atoms with Crippen molar-refractivity contribution < 1.29 is 17.9 Å². The van der Waals surface area contributed by atoms with Crippen molar-refractivity contribution in [2.75, 3.05) is 18.9 Å². The Hall–Kier alpha value is -1.40. The summed E-state index contributed by atoms with van der Waals surface area (Å²) in [6, 6.07) is 9.17. The molecule has 1 saturated carbocycles. The summed E-state index contributed by atoms with van der Waals surface area (Å²) in [6.45, 7) is 3.46. The molecule has 2 N–H and O–H groups in total. The molecule has 3 atom stereocenters. The molecule has 1 aliphatic rings. The lowest BCUT2D eigenvalue weighted by atomic mass is 9.99. The van der Waals surface area contributed by atoms with Crippen LogP contribution < -0.4 is 5.73 Å². The number of esters is 1. The molecule has 0 aromatic heterocycles. The van der Waals surface area contributed by atoms with Crippen molar-refractivity contribution in [1.29, 1.82) is 0 Å². The maximum absolute atomic E-state index is 12.4. The number of ether oxygens (including phenoxy) is 1. The van der Waals surface area contributed by atoms with Crippen LogP contribution in [0.2, 0.25) is 0 Å². The van der Waals surface area contributed by atoms with Gasteiger partial charge in [-0.25, -0.2) is 8.42 Å². The number of hydrogen-bond donors (Lipinski definition) is 1. The van der Waals surface area contributed by atoms with E-state index in [9.17, 15) is 13.2 Å². The van der Waals surface area contributed by atoms with Crippen LogP contribution in [0.4, 0.5) is 0 Å². The summed E-state index contributed by atoms with van der Waals surface area (Å²) in [5.41, 5.74) is 5.48. The van der Waals surface area contributed by atoms with E-state index in [-0.39, 0.29) is 18.9 Å². The first-order valence-corrected chi connectivity index (χ1v) is 8.81. The highest BCUT2D eigenvalue weighted by Gasteiger charge is 2.74. The highest BCUT2D eigenvalue weighted by molar-refractivity contribution is 7.92. The fourth-order valence-corrected chi connectivity index (χ4v) is 5.15. The molecular weight excluding hydrogens is 290 g/mol. The Bertz CT molecular complexity index is 614. The van der Waals surface area contributed by atoms with Crippen LogP contribution in [0.25, 0.3) is 0 Å². The predicted molar refractivity (Wildman–Crippen MR) is 80.6 cm³/mol. The SMILES string of the molecule is CCOC(=O)[C@@]1(CN)[C@H](S(=O)(=O)CC)[C@@H]1c1ccccc1. The summed E-state index contributed by atoms with van der Waals surface area (Å²) < 4.78 is 29.8. The summed E-state index contributed by atoms with van der Waals surface area (Å²) in [6.07, 6.45) is 0. The highest BCUT2D eigenvalue weighted by atomic mass is 32.2. The third kappa shape index (κ3) is 2.46. The number of nitrogens with two attached hydrogens (primary N) is 1. The van der Waals surface area contributed by atoms with Crippen LogP contribution in [-0.2, 0) is 19.4 Å². The lowest BCUT2D eigenvalue weighted by Crippen LogP contribution is -2.34. The monoisotopic (exact) mass is 311 g/mol. The molecular formula is C15H21NO4S. The molecule has 5 nitrogen and oxygen atoms in total. The molecule has 1 fully saturated rings. The van der Waals surface area contributed by atoms with E-state index in [1.165, 1.54) is 0 Å². The first-order chi connectivity index (χ1) is 9.95. The molecule has 0 radical (unpaired) electrons. The van der Waals surface area contributed by atoms with E-state index in [0.717, 1.165) is 5.56 Å². The largest absolute Gasteiger partial charge is 0.465 e. The molecule has 0 spiro atoms. The third-order valence-corrected chi connectivity index (χ3v) is 6.47. The lowest BCUT2D eigenvalue weighted by molar-refractivity contribution is -0.149. The molecule has 0 amide bonds. The first-order valence-electron chi connectivity index (χ1n) is 7.09. The number of hydrogen-bond acceptors (Lipinski definition) is 5. The van der Waals surface area contributed by atoms with Gasteiger partial charge in [0.05, 0.1) is 11.9 Å². The third-order valence-electron chi connectivity index (χ3n) is 4.20. The van der Waals surface area contributed by atoms with Crippen molar-refractivity contribution in [2.24, 2.45) is 11.1 Å². The van der Waals surface area contributed by atoms with E-state index in [4.69, 9.17) is 10.5 Å². The Morgan fingerprint density at radius 1 is 1.29 bits per heavy atom. The topological polar surface area (TPSA) is 86.5 Å². The van der Waals surface area contributed by atoms with E-state index in [0.29, 0.717) is 0 Å². The van der Waals surface area contributed by atoms with Crippen molar-refractivity contribution in [2.45, 2.75) is 25.0 Å².